The van der Waals surface area contributed by atoms with Crippen molar-refractivity contribution in [2.45, 2.75) is 18.4 Å². The van der Waals surface area contributed by atoms with Crippen LogP contribution < -0.4 is 10.2 Å². The van der Waals surface area contributed by atoms with Gasteiger partial charge in [0.15, 0.2) is 5.82 Å². The molecule has 0 radical (unpaired) electrons. The molecule has 1 amide bonds. The van der Waals surface area contributed by atoms with E-state index in [1.165, 1.54) is 12.4 Å². The van der Waals surface area contributed by atoms with E-state index in [1.807, 2.05) is 4.90 Å². The molecule has 0 aliphatic carbocycles. The Morgan fingerprint density at radius 1 is 1.42 bits per heavy atom. The number of halogens is 1. The number of nitrogens with one attached hydrogen (secondary N) is 1. The lowest BCUT2D eigenvalue weighted by molar-refractivity contribution is -0.0459. The molecule has 0 saturated carbocycles. The molecule has 1 N–H and O–H groups in total. The predicted molar refractivity (Wildman–Crippen MR) is 91.2 cm³/mol. The number of hydrogen-bond donors (Lipinski definition) is 1. The Morgan fingerprint density at radius 2 is 2.19 bits per heavy atom. The first-order chi connectivity index (χ1) is 12.6. The minimum Gasteiger partial charge on any atom is -0.371 e. The van der Waals surface area contributed by atoms with Crippen molar-refractivity contribution >= 4 is 11.9 Å². The summed E-state index contributed by atoms with van der Waals surface area (Å²) in [6.45, 7) is 2.70. The fraction of sp³-hybridized carbons (Fsp3) is 0.529. The van der Waals surface area contributed by atoms with Crippen LogP contribution in [0.4, 0.5) is 10.3 Å². The van der Waals surface area contributed by atoms with Gasteiger partial charge in [0.1, 0.15) is 11.3 Å². The maximum atomic E-state index is 13.0. The molecule has 4 heterocycles. The highest BCUT2D eigenvalue weighted by atomic mass is 19.1. The Morgan fingerprint density at radius 3 is 2.88 bits per heavy atom. The Labute approximate surface area is 150 Å². The van der Waals surface area contributed by atoms with E-state index in [0.29, 0.717) is 37.2 Å². The number of aryl methyl sites for hydroxylation is 1. The average Bonchev–Trinajstić information content (AvgIpc) is 3.21. The van der Waals surface area contributed by atoms with E-state index in [1.54, 1.807) is 24.0 Å². The molecule has 2 aromatic heterocycles. The Bertz CT molecular complexity index is 787. The van der Waals surface area contributed by atoms with E-state index < -0.39 is 5.82 Å². The zero-order chi connectivity index (χ0) is 18.1. The molecule has 0 bridgehead atoms. The summed E-state index contributed by atoms with van der Waals surface area (Å²) in [5.74, 6) is 0.331. The Balaban J connectivity index is 1.30. The fourth-order valence-electron chi connectivity index (χ4n) is 3.80. The van der Waals surface area contributed by atoms with Crippen molar-refractivity contribution in [3.8, 4) is 0 Å². The second-order valence-electron chi connectivity index (χ2n) is 6.84. The lowest BCUT2D eigenvalue weighted by Gasteiger charge is -2.50. The van der Waals surface area contributed by atoms with Gasteiger partial charge in [-0.05, 0) is 24.8 Å². The van der Waals surface area contributed by atoms with Crippen molar-refractivity contribution in [3.63, 3.8) is 0 Å². The Kier molecular flexibility index (Phi) is 4.31. The summed E-state index contributed by atoms with van der Waals surface area (Å²) in [6.07, 6.45) is 5.78. The summed E-state index contributed by atoms with van der Waals surface area (Å²) in [5, 5.41) is 6.96. The van der Waals surface area contributed by atoms with Crippen molar-refractivity contribution in [3.05, 3.63) is 36.2 Å². The molecule has 1 atom stereocenters. The lowest BCUT2D eigenvalue weighted by atomic mass is 9.79. The minimum atomic E-state index is -0.442. The number of amides is 1. The standard InChI is InChI=1S/C17H21FN6O2/c1-23-14(3-6-22-23)15(25)19-5-2-12-4-7-26-17(12)10-24(11-17)16-20-8-13(18)9-21-16/h3,6,8-9,12H,2,4-5,7,10-11H2,1H3,(H,19,25). The van der Waals surface area contributed by atoms with Crippen LogP contribution in [0.1, 0.15) is 23.3 Å². The summed E-state index contributed by atoms with van der Waals surface area (Å²) in [6, 6.07) is 1.70. The predicted octanol–water partition coefficient (Wildman–Crippen LogP) is 0.765. The monoisotopic (exact) mass is 360 g/mol. The van der Waals surface area contributed by atoms with Crippen molar-refractivity contribution in [1.29, 1.82) is 0 Å². The van der Waals surface area contributed by atoms with Gasteiger partial charge >= 0.3 is 0 Å². The van der Waals surface area contributed by atoms with Gasteiger partial charge in [-0.2, -0.15) is 5.10 Å². The van der Waals surface area contributed by atoms with Gasteiger partial charge in [-0.25, -0.2) is 14.4 Å². The molecule has 0 aromatic carbocycles. The van der Waals surface area contributed by atoms with Crippen molar-refractivity contribution in [1.82, 2.24) is 25.1 Å². The van der Waals surface area contributed by atoms with Gasteiger partial charge < -0.3 is 15.0 Å². The summed E-state index contributed by atoms with van der Waals surface area (Å²) in [4.78, 5) is 22.2. The average molecular weight is 360 g/mol. The minimum absolute atomic E-state index is 0.118. The van der Waals surface area contributed by atoms with Crippen LogP contribution in [0.15, 0.2) is 24.7 Å². The first kappa shape index (κ1) is 16.9. The number of carbonyl (C=O) groups is 1. The molecule has 2 aliphatic heterocycles. The number of carbonyl (C=O) groups excluding carboxylic acids is 1. The van der Waals surface area contributed by atoms with Crippen LogP contribution in [0.25, 0.3) is 0 Å². The SMILES string of the molecule is Cn1nccc1C(=O)NCCC1CCOC12CN(c1ncc(F)cn1)C2. The van der Waals surface area contributed by atoms with Crippen LogP contribution in [0.2, 0.25) is 0 Å². The topological polar surface area (TPSA) is 85.2 Å². The first-order valence-electron chi connectivity index (χ1n) is 8.70. The molecule has 2 fully saturated rings. The number of anilines is 1. The van der Waals surface area contributed by atoms with Crippen molar-refractivity contribution < 1.29 is 13.9 Å². The molecule has 4 rings (SSSR count). The van der Waals surface area contributed by atoms with Gasteiger partial charge in [-0.15, -0.1) is 0 Å². The smallest absolute Gasteiger partial charge is 0.269 e. The van der Waals surface area contributed by atoms with Crippen LogP contribution in [0, 0.1) is 11.7 Å². The highest BCUT2D eigenvalue weighted by Gasteiger charge is 2.53. The largest absolute Gasteiger partial charge is 0.371 e. The summed E-state index contributed by atoms with van der Waals surface area (Å²) < 4.78 is 20.5. The maximum absolute atomic E-state index is 13.0. The van der Waals surface area contributed by atoms with Crippen LogP contribution in [-0.4, -0.2) is 57.5 Å². The molecule has 2 saturated heterocycles. The number of rotatable bonds is 5. The number of aromatic nitrogens is 4. The molecule has 2 aliphatic rings. The van der Waals surface area contributed by atoms with Crippen LogP contribution in [0.5, 0.6) is 0 Å². The van der Waals surface area contributed by atoms with Crippen LogP contribution in [-0.2, 0) is 11.8 Å². The first-order valence-corrected chi connectivity index (χ1v) is 8.70. The van der Waals surface area contributed by atoms with E-state index >= 15 is 0 Å². The number of hydrogen-bond acceptors (Lipinski definition) is 6. The third-order valence-corrected chi connectivity index (χ3v) is 5.24. The van der Waals surface area contributed by atoms with E-state index in [2.05, 4.69) is 20.4 Å². The Hall–Kier alpha value is -2.55. The third kappa shape index (κ3) is 3.03. The highest BCUT2D eigenvalue weighted by Crippen LogP contribution is 2.42. The van der Waals surface area contributed by atoms with E-state index in [0.717, 1.165) is 19.4 Å². The summed E-state index contributed by atoms with van der Waals surface area (Å²) >= 11 is 0. The lowest BCUT2D eigenvalue weighted by Crippen LogP contribution is -2.65. The van der Waals surface area contributed by atoms with Crippen LogP contribution >= 0.6 is 0 Å². The molecule has 8 nitrogen and oxygen atoms in total. The zero-order valence-corrected chi connectivity index (χ0v) is 14.6. The molecule has 1 unspecified atom stereocenters. The van der Waals surface area contributed by atoms with Gasteiger partial charge in [-0.1, -0.05) is 0 Å². The van der Waals surface area contributed by atoms with E-state index in [-0.39, 0.29) is 11.5 Å². The molecular weight excluding hydrogens is 339 g/mol. The van der Waals surface area contributed by atoms with E-state index in [9.17, 15) is 9.18 Å². The van der Waals surface area contributed by atoms with Gasteiger partial charge in [0.25, 0.3) is 5.91 Å². The summed E-state index contributed by atoms with van der Waals surface area (Å²) in [7, 11) is 1.75. The fourth-order valence-corrected chi connectivity index (χ4v) is 3.80. The van der Waals surface area contributed by atoms with Crippen molar-refractivity contribution in [2.75, 3.05) is 31.1 Å². The second-order valence-corrected chi connectivity index (χ2v) is 6.84. The van der Waals surface area contributed by atoms with Crippen LogP contribution in [0.3, 0.4) is 0 Å². The van der Waals surface area contributed by atoms with E-state index in [4.69, 9.17) is 4.74 Å². The molecule has 138 valence electrons. The molecule has 26 heavy (non-hydrogen) atoms. The van der Waals surface area contributed by atoms with Crippen molar-refractivity contribution in [2.24, 2.45) is 13.0 Å². The molecular formula is C17H21FN6O2. The molecule has 9 heteroatoms. The normalized spacial score (nSPS) is 21.0. The zero-order valence-electron chi connectivity index (χ0n) is 14.6. The number of nitrogens with zero attached hydrogens (tertiary/aromatic N) is 5. The molecule has 2 aromatic rings. The van der Waals surface area contributed by atoms with Gasteiger partial charge in [-0.3, -0.25) is 9.48 Å². The highest BCUT2D eigenvalue weighted by molar-refractivity contribution is 5.92. The van der Waals surface area contributed by atoms with Gasteiger partial charge in [0, 0.05) is 26.4 Å². The second kappa shape index (κ2) is 6.64. The number of ether oxygens (including phenoxy) is 1. The maximum Gasteiger partial charge on any atom is 0.269 e. The third-order valence-electron chi connectivity index (χ3n) is 5.24. The van der Waals surface area contributed by atoms with Gasteiger partial charge in [0.05, 0.1) is 25.5 Å². The van der Waals surface area contributed by atoms with Gasteiger partial charge in [0.2, 0.25) is 5.95 Å². The molecule has 1 spiro atoms. The quantitative estimate of drug-likeness (QED) is 0.848. The summed E-state index contributed by atoms with van der Waals surface area (Å²) in [5.41, 5.74) is 0.334.